The van der Waals surface area contributed by atoms with Gasteiger partial charge in [0.1, 0.15) is 6.61 Å². The Bertz CT molecular complexity index is 882. The van der Waals surface area contributed by atoms with Crippen LogP contribution in [-0.4, -0.2) is 33.3 Å². The summed E-state index contributed by atoms with van der Waals surface area (Å²) in [6.07, 6.45) is -6.41. The highest BCUT2D eigenvalue weighted by molar-refractivity contribution is 7.89. The van der Waals surface area contributed by atoms with Gasteiger partial charge in [-0.15, -0.1) is 0 Å². The van der Waals surface area contributed by atoms with Crippen LogP contribution in [0.3, 0.4) is 0 Å². The third-order valence-corrected chi connectivity index (χ3v) is 5.33. The first kappa shape index (κ1) is 18.5. The van der Waals surface area contributed by atoms with E-state index in [1.165, 1.54) is 30.3 Å². The van der Waals surface area contributed by atoms with Crippen molar-refractivity contribution >= 4 is 10.0 Å². The summed E-state index contributed by atoms with van der Waals surface area (Å²) < 4.78 is 77.7. The molecule has 2 aromatic carbocycles. The molecule has 1 heterocycles. The molecule has 0 fully saturated rings. The Balaban J connectivity index is 1.87. The molecule has 2 aromatic rings. The Labute approximate surface area is 148 Å². The summed E-state index contributed by atoms with van der Waals surface area (Å²) in [5, 5.41) is 0. The van der Waals surface area contributed by atoms with Crippen molar-refractivity contribution in [3.63, 3.8) is 0 Å². The molecular weight excluding hydrogens is 371 g/mol. The van der Waals surface area contributed by atoms with Gasteiger partial charge in [0.15, 0.2) is 23.6 Å². The Morgan fingerprint density at radius 2 is 1.69 bits per heavy atom. The standard InChI is InChI=1S/C17H16F3NO4S/c1-11-6-8-12(9-7-11)26(22,23)21-16(17(18,19)20)15-10-24-13-4-2-3-5-14(13)25-15/h2-9,15-16,21H,10H2,1H3. The predicted molar refractivity (Wildman–Crippen MR) is 87.7 cm³/mol. The first-order valence-electron chi connectivity index (χ1n) is 7.71. The zero-order chi connectivity index (χ0) is 18.9. The van der Waals surface area contributed by atoms with Crippen molar-refractivity contribution < 1.29 is 31.1 Å². The molecule has 0 spiro atoms. The number of para-hydroxylation sites is 2. The van der Waals surface area contributed by atoms with Crippen molar-refractivity contribution in [2.24, 2.45) is 0 Å². The molecule has 2 atom stereocenters. The van der Waals surface area contributed by atoms with Gasteiger partial charge in [-0.2, -0.15) is 17.9 Å². The van der Waals surface area contributed by atoms with Gasteiger partial charge in [-0.3, -0.25) is 0 Å². The van der Waals surface area contributed by atoms with Crippen LogP contribution in [0.1, 0.15) is 5.56 Å². The molecule has 3 rings (SSSR count). The third-order valence-electron chi connectivity index (χ3n) is 3.87. The van der Waals surface area contributed by atoms with Crippen LogP contribution in [0.15, 0.2) is 53.4 Å². The van der Waals surface area contributed by atoms with Gasteiger partial charge in [0, 0.05) is 0 Å². The zero-order valence-corrected chi connectivity index (χ0v) is 14.5. The molecule has 0 saturated heterocycles. The average molecular weight is 387 g/mol. The van der Waals surface area contributed by atoms with Gasteiger partial charge in [0.25, 0.3) is 0 Å². The lowest BCUT2D eigenvalue weighted by atomic mass is 10.1. The average Bonchev–Trinajstić information content (AvgIpc) is 2.59. The van der Waals surface area contributed by atoms with E-state index in [1.54, 1.807) is 29.8 Å². The first-order valence-corrected chi connectivity index (χ1v) is 9.19. The highest BCUT2D eigenvalue weighted by Crippen LogP contribution is 2.35. The van der Waals surface area contributed by atoms with Crippen LogP contribution in [0, 0.1) is 6.92 Å². The van der Waals surface area contributed by atoms with Crippen LogP contribution in [0.4, 0.5) is 13.2 Å². The van der Waals surface area contributed by atoms with Gasteiger partial charge in [0.05, 0.1) is 4.90 Å². The van der Waals surface area contributed by atoms with Crippen LogP contribution < -0.4 is 14.2 Å². The zero-order valence-electron chi connectivity index (χ0n) is 13.7. The number of hydrogen-bond acceptors (Lipinski definition) is 4. The normalized spacial score (nSPS) is 18.4. The minimum Gasteiger partial charge on any atom is -0.486 e. The van der Waals surface area contributed by atoms with Crippen LogP contribution in [0.5, 0.6) is 11.5 Å². The largest absolute Gasteiger partial charge is 0.486 e. The van der Waals surface area contributed by atoms with Crippen molar-refractivity contribution in [3.8, 4) is 11.5 Å². The number of hydrogen-bond donors (Lipinski definition) is 1. The number of rotatable bonds is 4. The second kappa shape index (κ2) is 6.81. The van der Waals surface area contributed by atoms with E-state index in [1.807, 2.05) is 0 Å². The van der Waals surface area contributed by atoms with Gasteiger partial charge >= 0.3 is 6.18 Å². The quantitative estimate of drug-likeness (QED) is 0.876. The number of sulfonamides is 1. The first-order chi connectivity index (χ1) is 12.2. The van der Waals surface area contributed by atoms with Gasteiger partial charge in [-0.1, -0.05) is 29.8 Å². The Morgan fingerprint density at radius 1 is 1.08 bits per heavy atom. The maximum absolute atomic E-state index is 13.5. The van der Waals surface area contributed by atoms with Gasteiger partial charge in [-0.25, -0.2) is 8.42 Å². The molecular formula is C17H16F3NO4S. The molecule has 1 N–H and O–H groups in total. The van der Waals surface area contributed by atoms with E-state index in [4.69, 9.17) is 9.47 Å². The number of nitrogens with one attached hydrogen (secondary N) is 1. The van der Waals surface area contributed by atoms with Crippen LogP contribution in [-0.2, 0) is 10.0 Å². The monoisotopic (exact) mass is 387 g/mol. The molecule has 0 aliphatic carbocycles. The molecule has 0 saturated carbocycles. The Hall–Kier alpha value is -2.26. The summed E-state index contributed by atoms with van der Waals surface area (Å²) in [7, 11) is -4.39. The maximum atomic E-state index is 13.5. The van der Waals surface area contributed by atoms with Crippen molar-refractivity contribution in [3.05, 3.63) is 54.1 Å². The van der Waals surface area contributed by atoms with Crippen molar-refractivity contribution in [1.29, 1.82) is 0 Å². The molecule has 0 radical (unpaired) electrons. The molecule has 2 unspecified atom stereocenters. The van der Waals surface area contributed by atoms with Crippen LogP contribution >= 0.6 is 0 Å². The number of halogens is 3. The van der Waals surface area contributed by atoms with E-state index in [0.29, 0.717) is 5.75 Å². The van der Waals surface area contributed by atoms with Gasteiger partial charge < -0.3 is 9.47 Å². The fraction of sp³-hybridized carbons (Fsp3) is 0.294. The second-order valence-corrected chi connectivity index (χ2v) is 7.58. The maximum Gasteiger partial charge on any atom is 0.408 e. The molecule has 9 heteroatoms. The number of benzene rings is 2. The van der Waals surface area contributed by atoms with E-state index in [9.17, 15) is 21.6 Å². The lowest BCUT2D eigenvalue weighted by Crippen LogP contribution is -2.57. The van der Waals surface area contributed by atoms with Crippen molar-refractivity contribution in [2.45, 2.75) is 30.1 Å². The summed E-state index contributed by atoms with van der Waals surface area (Å²) in [5.41, 5.74) is 0.789. The SMILES string of the molecule is Cc1ccc(S(=O)(=O)NC(C2COc3ccccc3O2)C(F)(F)F)cc1. The Kier molecular flexibility index (Phi) is 4.85. The molecule has 0 aromatic heterocycles. The summed E-state index contributed by atoms with van der Waals surface area (Å²) >= 11 is 0. The highest BCUT2D eigenvalue weighted by Gasteiger charge is 2.49. The van der Waals surface area contributed by atoms with Crippen LogP contribution in [0.25, 0.3) is 0 Å². The minimum absolute atomic E-state index is 0.132. The van der Waals surface area contributed by atoms with Crippen molar-refractivity contribution in [2.75, 3.05) is 6.61 Å². The number of fused-ring (bicyclic) bond motifs is 1. The highest BCUT2D eigenvalue weighted by atomic mass is 32.2. The predicted octanol–water partition coefficient (Wildman–Crippen LogP) is 3.04. The third kappa shape index (κ3) is 3.94. The molecule has 1 aliphatic heterocycles. The van der Waals surface area contributed by atoms with Gasteiger partial charge in [0.2, 0.25) is 10.0 Å². The van der Waals surface area contributed by atoms with E-state index in [-0.39, 0.29) is 10.6 Å². The Morgan fingerprint density at radius 3 is 2.31 bits per heavy atom. The number of ether oxygens (including phenoxy) is 2. The van der Waals surface area contributed by atoms with E-state index >= 15 is 0 Å². The molecule has 26 heavy (non-hydrogen) atoms. The van der Waals surface area contributed by atoms with Crippen molar-refractivity contribution in [1.82, 2.24) is 4.72 Å². The summed E-state index contributed by atoms with van der Waals surface area (Å²) in [6.45, 7) is 1.31. The molecule has 0 amide bonds. The van der Waals surface area contributed by atoms with E-state index in [2.05, 4.69) is 0 Å². The lowest BCUT2D eigenvalue weighted by Gasteiger charge is -2.33. The lowest BCUT2D eigenvalue weighted by molar-refractivity contribution is -0.174. The molecule has 5 nitrogen and oxygen atoms in total. The van der Waals surface area contributed by atoms with E-state index < -0.39 is 35.0 Å². The summed E-state index contributed by atoms with van der Waals surface area (Å²) in [5.74, 6) is 0.443. The molecule has 140 valence electrons. The second-order valence-electron chi connectivity index (χ2n) is 5.87. The number of alkyl halides is 3. The van der Waals surface area contributed by atoms with Gasteiger partial charge in [-0.05, 0) is 31.2 Å². The fourth-order valence-electron chi connectivity index (χ4n) is 2.51. The summed E-state index contributed by atoms with van der Waals surface area (Å²) in [4.78, 5) is -0.255. The topological polar surface area (TPSA) is 64.6 Å². The molecule has 0 bridgehead atoms. The number of aryl methyl sites for hydroxylation is 1. The minimum atomic E-state index is -4.86. The smallest absolute Gasteiger partial charge is 0.408 e. The van der Waals surface area contributed by atoms with Crippen LogP contribution in [0.2, 0.25) is 0 Å². The fourth-order valence-corrected chi connectivity index (χ4v) is 3.76. The summed E-state index contributed by atoms with van der Waals surface area (Å²) in [6, 6.07) is 9.32. The van der Waals surface area contributed by atoms with E-state index in [0.717, 1.165) is 5.56 Å². The molecule has 1 aliphatic rings.